The summed E-state index contributed by atoms with van der Waals surface area (Å²) in [5, 5.41) is 32.2. The van der Waals surface area contributed by atoms with Crippen LogP contribution in [0.3, 0.4) is 0 Å². The molecular weight excluding hydrogens is 506 g/mol. The monoisotopic (exact) mass is 531 g/mol. The van der Waals surface area contributed by atoms with Crippen molar-refractivity contribution < 1.29 is 15.3 Å². The van der Waals surface area contributed by atoms with Crippen LogP contribution in [0, 0.1) is 13.8 Å². The van der Waals surface area contributed by atoms with E-state index in [2.05, 4.69) is 9.97 Å². The van der Waals surface area contributed by atoms with Crippen LogP contribution in [0.1, 0.15) is 11.4 Å². The summed E-state index contributed by atoms with van der Waals surface area (Å²) in [5.74, 6) is 0.843. The van der Waals surface area contributed by atoms with Crippen LogP contribution < -0.4 is 0 Å². The molecule has 3 radical (unpaired) electrons. The third kappa shape index (κ3) is 6.36. The first-order valence-electron chi connectivity index (χ1n) is 11.2. The first-order chi connectivity index (χ1) is 16.9. The predicted molar refractivity (Wildman–Crippen MR) is 148 cm³/mol. The molecule has 2 heterocycles. The molecule has 2 aromatic heterocycles. The summed E-state index contributed by atoms with van der Waals surface area (Å²) in [6, 6.07) is 31.9. The van der Waals surface area contributed by atoms with Gasteiger partial charge in [0.1, 0.15) is 28.3 Å². The minimum atomic E-state index is 0. The topological polar surface area (TPSA) is 86.5 Å². The van der Waals surface area contributed by atoms with Crippen LogP contribution in [0.15, 0.2) is 103 Å². The van der Waals surface area contributed by atoms with Gasteiger partial charge in [-0.05, 0) is 49.6 Å². The first kappa shape index (κ1) is 26.6. The van der Waals surface area contributed by atoms with Crippen molar-refractivity contribution in [3.8, 4) is 17.2 Å². The summed E-state index contributed by atoms with van der Waals surface area (Å²) in [6.07, 6.45) is 0. The Labute approximate surface area is 222 Å². The van der Waals surface area contributed by atoms with Crippen molar-refractivity contribution in [2.45, 2.75) is 13.8 Å². The summed E-state index contributed by atoms with van der Waals surface area (Å²) in [4.78, 5) is 8.45. The number of aryl methyl sites for hydroxylation is 2. The second-order valence-electron chi connectivity index (χ2n) is 8.10. The van der Waals surface area contributed by atoms with E-state index in [1.165, 1.54) is 0 Å². The van der Waals surface area contributed by atoms with Crippen molar-refractivity contribution in [2.75, 3.05) is 0 Å². The number of benzene rings is 4. The molecule has 0 bridgehead atoms. The number of aromatic hydroxyl groups is 3. The van der Waals surface area contributed by atoms with Crippen LogP contribution in [-0.2, 0) is 0 Å². The van der Waals surface area contributed by atoms with Crippen LogP contribution in [0.4, 0.5) is 0 Å². The number of pyridine rings is 2. The van der Waals surface area contributed by atoms with Gasteiger partial charge in [-0.15, -0.1) is 0 Å². The van der Waals surface area contributed by atoms with E-state index in [4.69, 9.17) is 0 Å². The van der Waals surface area contributed by atoms with Crippen LogP contribution in [0.2, 0.25) is 0 Å². The van der Waals surface area contributed by atoms with Gasteiger partial charge in [0.05, 0.1) is 0 Å². The van der Waals surface area contributed by atoms with Crippen LogP contribution in [0.5, 0.6) is 17.2 Å². The molecule has 0 fully saturated rings. The van der Waals surface area contributed by atoms with E-state index < -0.39 is 0 Å². The summed E-state index contributed by atoms with van der Waals surface area (Å²) in [6.45, 7) is 3.82. The molecule has 0 saturated carbocycles. The standard InChI is InChI=1S/2C10H9NO.C10H8O.Ga/c2*1-7-5-6-8-3-2-4-9(12)10(8)11-7;11-10-7-3-5-8-4-1-2-6-9(8)10;/h2*2-6,12H,1H3;1-7,11H;. The van der Waals surface area contributed by atoms with Crippen molar-refractivity contribution in [1.29, 1.82) is 0 Å². The van der Waals surface area contributed by atoms with Gasteiger partial charge in [0.25, 0.3) is 0 Å². The molecule has 0 amide bonds. The molecule has 0 spiro atoms. The van der Waals surface area contributed by atoms with Crippen molar-refractivity contribution in [3.05, 3.63) is 115 Å². The fourth-order valence-corrected chi connectivity index (χ4v) is 3.67. The van der Waals surface area contributed by atoms with E-state index in [0.29, 0.717) is 16.8 Å². The van der Waals surface area contributed by atoms with Gasteiger partial charge in [0, 0.05) is 47.3 Å². The van der Waals surface area contributed by atoms with E-state index in [-0.39, 0.29) is 31.3 Å². The van der Waals surface area contributed by atoms with Crippen molar-refractivity contribution in [1.82, 2.24) is 9.97 Å². The fraction of sp³-hybridized carbons (Fsp3) is 0.0667. The second kappa shape index (κ2) is 12.1. The average Bonchev–Trinajstić information content (AvgIpc) is 2.86. The van der Waals surface area contributed by atoms with Crippen LogP contribution in [-0.4, -0.2) is 45.1 Å². The van der Waals surface area contributed by atoms with Crippen molar-refractivity contribution in [3.63, 3.8) is 0 Å². The Hall–Kier alpha value is -4.00. The second-order valence-corrected chi connectivity index (χ2v) is 8.10. The molecule has 0 saturated heterocycles. The predicted octanol–water partition coefficient (Wildman–Crippen LogP) is 6.66. The molecule has 6 aromatic rings. The smallest absolute Gasteiger partial charge is 0.141 e. The summed E-state index contributed by atoms with van der Waals surface area (Å²) >= 11 is 0. The average molecular weight is 532 g/mol. The SMILES string of the molecule is Cc1ccc2cccc(O)c2n1.Cc1ccc2cccc(O)c2n1.Oc1cccc2ccccc12.[Ga]. The molecule has 0 aliphatic heterocycles. The number of phenolic OH excluding ortho intramolecular Hbond substituents is 3. The summed E-state index contributed by atoms with van der Waals surface area (Å²) in [5.41, 5.74) is 3.20. The molecule has 177 valence electrons. The van der Waals surface area contributed by atoms with Gasteiger partial charge in [-0.25, -0.2) is 9.97 Å². The number of aromatic nitrogens is 2. The van der Waals surface area contributed by atoms with Gasteiger partial charge in [-0.1, -0.05) is 72.8 Å². The molecule has 3 N–H and O–H groups in total. The molecular formula is C30H26GaN2O3. The number of hydrogen-bond donors (Lipinski definition) is 3. The zero-order valence-electron chi connectivity index (χ0n) is 20.1. The van der Waals surface area contributed by atoms with Gasteiger partial charge >= 0.3 is 0 Å². The van der Waals surface area contributed by atoms with Gasteiger partial charge in [0.2, 0.25) is 0 Å². The third-order valence-corrected chi connectivity index (χ3v) is 5.44. The third-order valence-electron chi connectivity index (χ3n) is 5.44. The maximum atomic E-state index is 9.43. The van der Waals surface area contributed by atoms with Crippen LogP contribution >= 0.6 is 0 Å². The van der Waals surface area contributed by atoms with E-state index in [9.17, 15) is 15.3 Å². The van der Waals surface area contributed by atoms with E-state index in [1.807, 2.05) is 98.8 Å². The number of nitrogens with zero attached hydrogens (tertiary/aromatic N) is 2. The molecule has 0 aliphatic rings. The molecule has 5 nitrogen and oxygen atoms in total. The molecule has 36 heavy (non-hydrogen) atoms. The van der Waals surface area contributed by atoms with Gasteiger partial charge < -0.3 is 15.3 Å². The molecule has 0 aliphatic carbocycles. The van der Waals surface area contributed by atoms with Crippen molar-refractivity contribution in [2.24, 2.45) is 0 Å². The number of fused-ring (bicyclic) bond motifs is 3. The first-order valence-corrected chi connectivity index (χ1v) is 11.2. The van der Waals surface area contributed by atoms with Gasteiger partial charge in [-0.3, -0.25) is 0 Å². The van der Waals surface area contributed by atoms with Gasteiger partial charge in [-0.2, -0.15) is 0 Å². The van der Waals surface area contributed by atoms with Crippen molar-refractivity contribution >= 4 is 52.4 Å². The zero-order chi connectivity index (χ0) is 24.8. The Bertz CT molecular complexity index is 1530. The number of para-hydroxylation sites is 2. The fourth-order valence-electron chi connectivity index (χ4n) is 3.67. The van der Waals surface area contributed by atoms with E-state index in [0.717, 1.165) is 32.9 Å². The maximum absolute atomic E-state index is 9.43. The maximum Gasteiger partial charge on any atom is 0.141 e. The minimum absolute atomic E-state index is 0. The molecule has 0 atom stereocenters. The van der Waals surface area contributed by atoms with Crippen LogP contribution in [0.25, 0.3) is 32.6 Å². The molecule has 6 heteroatoms. The Morgan fingerprint density at radius 3 is 1.36 bits per heavy atom. The van der Waals surface area contributed by atoms with E-state index >= 15 is 0 Å². The molecule has 6 rings (SSSR count). The summed E-state index contributed by atoms with van der Waals surface area (Å²) < 4.78 is 0. The Morgan fingerprint density at radius 1 is 0.444 bits per heavy atom. The number of hydrogen-bond acceptors (Lipinski definition) is 5. The Balaban J connectivity index is 0.000000149. The summed E-state index contributed by atoms with van der Waals surface area (Å²) in [7, 11) is 0. The molecule has 0 unspecified atom stereocenters. The molecule has 4 aromatic carbocycles. The largest absolute Gasteiger partial charge is 0.507 e. The normalized spacial score (nSPS) is 10.1. The quantitative estimate of drug-likeness (QED) is 0.191. The van der Waals surface area contributed by atoms with Gasteiger partial charge in [0.15, 0.2) is 0 Å². The number of phenols is 3. The van der Waals surface area contributed by atoms with E-state index in [1.54, 1.807) is 18.2 Å². The Morgan fingerprint density at radius 2 is 0.861 bits per heavy atom. The Kier molecular flexibility index (Phi) is 8.95. The minimum Gasteiger partial charge on any atom is -0.507 e. The number of rotatable bonds is 0. The zero-order valence-corrected chi connectivity index (χ0v) is 22.6.